The summed E-state index contributed by atoms with van der Waals surface area (Å²) >= 11 is 9.51. The molecule has 0 aliphatic carbocycles. The fourth-order valence-electron chi connectivity index (χ4n) is 3.06. The zero-order valence-corrected chi connectivity index (χ0v) is 19.3. The standard InChI is InChI=1S/C24H21BrClN3O3/c25-16-10-11-21(18(13-16)23(31)17-8-4-5-9-19(17)26)29-22(30)14-28-24(32)20(27)12-15-6-2-1-3-7-15/h1-11,13,20H,12,14,27H2,(H,28,32)(H,29,30)/t20-/m1/s1. The highest BCUT2D eigenvalue weighted by atomic mass is 79.9. The zero-order valence-electron chi connectivity index (χ0n) is 17.0. The average Bonchev–Trinajstić information content (AvgIpc) is 2.79. The topological polar surface area (TPSA) is 101 Å². The highest BCUT2D eigenvalue weighted by Gasteiger charge is 2.19. The second kappa shape index (κ2) is 11.0. The van der Waals surface area contributed by atoms with Gasteiger partial charge in [0.1, 0.15) is 0 Å². The third-order valence-electron chi connectivity index (χ3n) is 4.68. The van der Waals surface area contributed by atoms with E-state index in [1.807, 2.05) is 30.3 Å². The molecule has 1 atom stereocenters. The predicted molar refractivity (Wildman–Crippen MR) is 129 cm³/mol. The summed E-state index contributed by atoms with van der Waals surface area (Å²) in [5, 5.41) is 5.52. The van der Waals surface area contributed by atoms with Crippen LogP contribution in [0.4, 0.5) is 5.69 Å². The number of amides is 2. The first kappa shape index (κ1) is 23.7. The summed E-state index contributed by atoms with van der Waals surface area (Å²) < 4.78 is 0.672. The van der Waals surface area contributed by atoms with Crippen LogP contribution in [0.2, 0.25) is 5.02 Å². The normalized spacial score (nSPS) is 11.5. The quantitative estimate of drug-likeness (QED) is 0.396. The van der Waals surface area contributed by atoms with Crippen molar-refractivity contribution in [2.24, 2.45) is 5.73 Å². The van der Waals surface area contributed by atoms with Crippen LogP contribution >= 0.6 is 27.5 Å². The molecule has 0 radical (unpaired) electrons. The molecule has 0 saturated heterocycles. The smallest absolute Gasteiger partial charge is 0.243 e. The lowest BCUT2D eigenvalue weighted by Gasteiger charge is -2.14. The molecule has 164 valence electrons. The van der Waals surface area contributed by atoms with Gasteiger partial charge in [0.05, 0.1) is 23.3 Å². The largest absolute Gasteiger partial charge is 0.346 e. The van der Waals surface area contributed by atoms with Gasteiger partial charge in [0.15, 0.2) is 5.78 Å². The molecule has 3 rings (SSSR count). The Morgan fingerprint density at radius 2 is 1.62 bits per heavy atom. The number of ketones is 1. The van der Waals surface area contributed by atoms with Crippen LogP contribution in [0.15, 0.2) is 77.3 Å². The van der Waals surface area contributed by atoms with Gasteiger partial charge >= 0.3 is 0 Å². The summed E-state index contributed by atoms with van der Waals surface area (Å²) in [5.41, 5.74) is 7.77. The van der Waals surface area contributed by atoms with Crippen molar-refractivity contribution >= 4 is 50.8 Å². The summed E-state index contributed by atoms with van der Waals surface area (Å²) in [4.78, 5) is 37.7. The van der Waals surface area contributed by atoms with Crippen molar-refractivity contribution in [2.75, 3.05) is 11.9 Å². The molecule has 0 spiro atoms. The maximum Gasteiger partial charge on any atom is 0.243 e. The average molecular weight is 515 g/mol. The minimum absolute atomic E-state index is 0.271. The van der Waals surface area contributed by atoms with Crippen LogP contribution in [0.25, 0.3) is 0 Å². The van der Waals surface area contributed by atoms with Crippen LogP contribution < -0.4 is 16.4 Å². The minimum Gasteiger partial charge on any atom is -0.346 e. The Balaban J connectivity index is 1.64. The van der Waals surface area contributed by atoms with E-state index in [1.54, 1.807) is 42.5 Å². The summed E-state index contributed by atoms with van der Waals surface area (Å²) in [6.45, 7) is -0.281. The van der Waals surface area contributed by atoms with E-state index in [9.17, 15) is 14.4 Å². The molecule has 0 aromatic heterocycles. The molecule has 0 saturated carbocycles. The maximum absolute atomic E-state index is 13.0. The third-order valence-corrected chi connectivity index (χ3v) is 5.50. The van der Waals surface area contributed by atoms with Gasteiger partial charge in [-0.15, -0.1) is 0 Å². The SMILES string of the molecule is N[C@H](Cc1ccccc1)C(=O)NCC(=O)Nc1ccc(Br)cc1C(=O)c1ccccc1Cl. The van der Waals surface area contributed by atoms with Crippen LogP contribution in [-0.2, 0) is 16.0 Å². The first-order chi connectivity index (χ1) is 15.3. The van der Waals surface area contributed by atoms with E-state index in [-0.39, 0.29) is 17.9 Å². The van der Waals surface area contributed by atoms with Crippen LogP contribution in [0.1, 0.15) is 21.5 Å². The lowest BCUT2D eigenvalue weighted by Crippen LogP contribution is -2.44. The Bertz CT molecular complexity index is 1140. The molecule has 0 aliphatic rings. The number of carbonyl (C=O) groups is 3. The number of benzene rings is 3. The van der Waals surface area contributed by atoms with Gasteiger partial charge in [-0.3, -0.25) is 14.4 Å². The summed E-state index contributed by atoms with van der Waals surface area (Å²) in [6, 6.07) is 20.2. The van der Waals surface area contributed by atoms with E-state index in [4.69, 9.17) is 17.3 Å². The molecular formula is C24H21BrClN3O3. The lowest BCUT2D eigenvalue weighted by molar-refractivity contribution is -0.125. The Morgan fingerprint density at radius 1 is 0.938 bits per heavy atom. The van der Waals surface area contributed by atoms with Gasteiger partial charge in [-0.2, -0.15) is 0 Å². The lowest BCUT2D eigenvalue weighted by atomic mass is 10.0. The molecule has 0 unspecified atom stereocenters. The Kier molecular flexibility index (Phi) is 8.16. The summed E-state index contributed by atoms with van der Waals surface area (Å²) in [7, 11) is 0. The van der Waals surface area contributed by atoms with E-state index in [0.29, 0.717) is 27.2 Å². The van der Waals surface area contributed by atoms with Crippen LogP contribution in [-0.4, -0.2) is 30.2 Å². The van der Waals surface area contributed by atoms with E-state index in [2.05, 4.69) is 26.6 Å². The van der Waals surface area contributed by atoms with Crippen molar-refractivity contribution in [3.8, 4) is 0 Å². The molecule has 4 N–H and O–H groups in total. The number of halogens is 2. The van der Waals surface area contributed by atoms with E-state index < -0.39 is 17.9 Å². The van der Waals surface area contributed by atoms with Crippen LogP contribution in [0.3, 0.4) is 0 Å². The Hall–Kier alpha value is -3.00. The van der Waals surface area contributed by atoms with E-state index in [1.165, 1.54) is 0 Å². The monoisotopic (exact) mass is 513 g/mol. The van der Waals surface area contributed by atoms with Gasteiger partial charge in [-0.05, 0) is 42.3 Å². The first-order valence-corrected chi connectivity index (χ1v) is 11.0. The van der Waals surface area contributed by atoms with E-state index in [0.717, 1.165) is 5.56 Å². The van der Waals surface area contributed by atoms with Crippen molar-refractivity contribution in [3.05, 3.63) is 99.0 Å². The first-order valence-electron chi connectivity index (χ1n) is 9.81. The molecule has 3 aromatic carbocycles. The van der Waals surface area contributed by atoms with Crippen molar-refractivity contribution in [1.29, 1.82) is 0 Å². The number of nitrogens with two attached hydrogens (primary N) is 1. The van der Waals surface area contributed by atoms with Gasteiger partial charge in [0, 0.05) is 15.6 Å². The fraction of sp³-hybridized carbons (Fsp3) is 0.125. The van der Waals surface area contributed by atoms with Gasteiger partial charge in [0.25, 0.3) is 0 Å². The zero-order chi connectivity index (χ0) is 23.1. The Labute approximate surface area is 199 Å². The molecule has 6 nitrogen and oxygen atoms in total. The molecule has 0 aliphatic heterocycles. The highest BCUT2D eigenvalue weighted by molar-refractivity contribution is 9.10. The highest BCUT2D eigenvalue weighted by Crippen LogP contribution is 2.26. The van der Waals surface area contributed by atoms with Gasteiger partial charge in [-0.1, -0.05) is 70.0 Å². The third kappa shape index (κ3) is 6.26. The van der Waals surface area contributed by atoms with Gasteiger partial charge in [-0.25, -0.2) is 0 Å². The number of carbonyl (C=O) groups excluding carboxylic acids is 3. The van der Waals surface area contributed by atoms with E-state index >= 15 is 0 Å². The van der Waals surface area contributed by atoms with Crippen LogP contribution in [0.5, 0.6) is 0 Å². The number of anilines is 1. The maximum atomic E-state index is 13.0. The molecule has 0 fully saturated rings. The van der Waals surface area contributed by atoms with Gasteiger partial charge < -0.3 is 16.4 Å². The fourth-order valence-corrected chi connectivity index (χ4v) is 3.64. The molecule has 2 amide bonds. The molecular weight excluding hydrogens is 494 g/mol. The molecule has 8 heteroatoms. The molecule has 3 aromatic rings. The molecule has 0 heterocycles. The second-order valence-electron chi connectivity index (χ2n) is 7.06. The molecule has 32 heavy (non-hydrogen) atoms. The number of nitrogens with one attached hydrogen (secondary N) is 2. The molecule has 0 bridgehead atoms. The number of hydrogen-bond acceptors (Lipinski definition) is 4. The summed E-state index contributed by atoms with van der Waals surface area (Å²) in [5.74, 6) is -1.26. The predicted octanol–water partition coefficient (Wildman–Crippen LogP) is 3.96. The van der Waals surface area contributed by atoms with Crippen molar-refractivity contribution in [1.82, 2.24) is 5.32 Å². The second-order valence-corrected chi connectivity index (χ2v) is 8.38. The summed E-state index contributed by atoms with van der Waals surface area (Å²) in [6.07, 6.45) is 0.359. The van der Waals surface area contributed by atoms with Crippen LogP contribution in [0, 0.1) is 0 Å². The Morgan fingerprint density at radius 3 is 2.34 bits per heavy atom. The minimum atomic E-state index is -0.782. The number of rotatable bonds is 8. The van der Waals surface area contributed by atoms with Crippen molar-refractivity contribution in [2.45, 2.75) is 12.5 Å². The van der Waals surface area contributed by atoms with Crippen molar-refractivity contribution in [3.63, 3.8) is 0 Å². The van der Waals surface area contributed by atoms with Gasteiger partial charge in [0.2, 0.25) is 11.8 Å². The number of hydrogen-bond donors (Lipinski definition) is 3. The van der Waals surface area contributed by atoms with Crippen molar-refractivity contribution < 1.29 is 14.4 Å².